The Labute approximate surface area is 150 Å². The monoisotopic (exact) mass is 398 g/mol. The zero-order valence-corrected chi connectivity index (χ0v) is 15.0. The zero-order chi connectivity index (χ0) is 19.1. The lowest BCUT2D eigenvalue weighted by Crippen LogP contribution is -2.56. The van der Waals surface area contributed by atoms with Gasteiger partial charge in [0.25, 0.3) is 5.91 Å². The summed E-state index contributed by atoms with van der Waals surface area (Å²) < 4.78 is 60.3. The number of rotatable bonds is 4. The summed E-state index contributed by atoms with van der Waals surface area (Å²) in [5, 5.41) is 4.23. The van der Waals surface area contributed by atoms with Gasteiger partial charge < -0.3 is 4.90 Å². The third-order valence-corrected chi connectivity index (χ3v) is 7.18. The molecule has 1 fully saturated rings. The lowest BCUT2D eigenvalue weighted by molar-refractivity contribution is 0.0658. The van der Waals surface area contributed by atoms with Crippen LogP contribution in [0.25, 0.3) is 0 Å². The molecule has 138 valence electrons. The molecule has 1 heterocycles. The molecule has 1 aliphatic heterocycles. The summed E-state index contributed by atoms with van der Waals surface area (Å²) in [6, 6.07) is 9.61. The summed E-state index contributed by atoms with van der Waals surface area (Å²) in [6.45, 7) is 0.0188. The Kier molecular flexibility index (Phi) is 4.59. The summed E-state index contributed by atoms with van der Waals surface area (Å²) in [7, 11) is -7.50. The molecule has 2 aromatic carbocycles. The van der Waals surface area contributed by atoms with Gasteiger partial charge in [-0.1, -0.05) is 0 Å². The van der Waals surface area contributed by atoms with Crippen LogP contribution >= 0.6 is 0 Å². The molecule has 0 unspecified atom stereocenters. The van der Waals surface area contributed by atoms with Gasteiger partial charge in [0.1, 0.15) is 11.1 Å². The number of amides is 1. The number of benzene rings is 2. The molecule has 1 saturated heterocycles. The van der Waals surface area contributed by atoms with Crippen molar-refractivity contribution in [1.29, 1.82) is 0 Å². The average Bonchev–Trinajstić information content (AvgIpc) is 2.53. The average molecular weight is 398 g/mol. The number of hydrogen-bond acceptors (Lipinski definition) is 5. The third-order valence-electron chi connectivity index (χ3n) is 4.15. The minimum atomic E-state index is -3.85. The van der Waals surface area contributed by atoms with E-state index in [1.54, 1.807) is 0 Å². The molecule has 0 aromatic heterocycles. The van der Waals surface area contributed by atoms with E-state index in [0.29, 0.717) is 0 Å². The van der Waals surface area contributed by atoms with Gasteiger partial charge >= 0.3 is 0 Å². The van der Waals surface area contributed by atoms with E-state index in [1.165, 1.54) is 41.3 Å². The highest BCUT2D eigenvalue weighted by Gasteiger charge is 2.40. The van der Waals surface area contributed by atoms with E-state index in [-0.39, 0.29) is 28.4 Å². The molecule has 0 atom stereocenters. The number of sulfone groups is 1. The van der Waals surface area contributed by atoms with E-state index < -0.39 is 36.8 Å². The predicted molar refractivity (Wildman–Crippen MR) is 91.1 cm³/mol. The van der Waals surface area contributed by atoms with Gasteiger partial charge in [0.05, 0.1) is 9.79 Å². The third kappa shape index (κ3) is 3.48. The topological polar surface area (TPSA) is 115 Å². The first-order chi connectivity index (χ1) is 12.1. The van der Waals surface area contributed by atoms with Gasteiger partial charge in [0.15, 0.2) is 9.84 Å². The Balaban J connectivity index is 1.69. The second-order valence-electron chi connectivity index (χ2n) is 5.90. The quantitative estimate of drug-likeness (QED) is 0.764. The maximum absolute atomic E-state index is 12.9. The summed E-state index contributed by atoms with van der Waals surface area (Å²) in [4.78, 5) is 13.6. The van der Waals surface area contributed by atoms with E-state index in [1.807, 2.05) is 0 Å². The van der Waals surface area contributed by atoms with Gasteiger partial charge in [-0.05, 0) is 48.5 Å². The Morgan fingerprint density at radius 1 is 0.923 bits per heavy atom. The Morgan fingerprint density at radius 2 is 1.42 bits per heavy atom. The van der Waals surface area contributed by atoms with Crippen molar-refractivity contribution in [3.05, 3.63) is 59.9 Å². The number of sulfonamides is 1. The molecule has 2 N–H and O–H groups in total. The molecule has 7 nitrogen and oxygen atoms in total. The summed E-state index contributed by atoms with van der Waals surface area (Å²) in [6.07, 6.45) is 0. The maximum Gasteiger partial charge on any atom is 0.253 e. The molecular formula is C16H15FN2O5S2. The first kappa shape index (κ1) is 18.5. The van der Waals surface area contributed by atoms with Crippen molar-refractivity contribution in [1.82, 2.24) is 4.90 Å². The molecular weight excluding hydrogens is 383 g/mol. The van der Waals surface area contributed by atoms with Crippen LogP contribution in [0.1, 0.15) is 10.4 Å². The molecule has 2 aromatic rings. The van der Waals surface area contributed by atoms with Crippen LogP contribution < -0.4 is 5.14 Å². The standard InChI is InChI=1S/C16H15FN2O5S2/c17-12-3-7-13(8-4-12)25(21,22)15-9-19(10-15)16(20)11-1-5-14(6-2-11)26(18,23)24/h1-8,15H,9-10H2,(H2,18,23,24). The number of nitrogens with zero attached hydrogens (tertiary/aromatic N) is 1. The van der Waals surface area contributed by atoms with Crippen LogP contribution in [0.5, 0.6) is 0 Å². The van der Waals surface area contributed by atoms with Crippen LogP contribution in [-0.4, -0.2) is 46.0 Å². The van der Waals surface area contributed by atoms with E-state index in [2.05, 4.69) is 0 Å². The van der Waals surface area contributed by atoms with E-state index >= 15 is 0 Å². The fourth-order valence-corrected chi connectivity index (χ4v) is 4.75. The highest BCUT2D eigenvalue weighted by atomic mass is 32.2. The zero-order valence-electron chi connectivity index (χ0n) is 13.4. The van der Waals surface area contributed by atoms with Crippen LogP contribution in [0.2, 0.25) is 0 Å². The van der Waals surface area contributed by atoms with Gasteiger partial charge in [-0.25, -0.2) is 26.4 Å². The van der Waals surface area contributed by atoms with Crippen molar-refractivity contribution in [2.24, 2.45) is 5.14 Å². The van der Waals surface area contributed by atoms with Crippen LogP contribution in [0, 0.1) is 5.82 Å². The molecule has 26 heavy (non-hydrogen) atoms. The smallest absolute Gasteiger partial charge is 0.253 e. The second-order valence-corrected chi connectivity index (χ2v) is 9.69. The van der Waals surface area contributed by atoms with Gasteiger partial charge in [0, 0.05) is 18.7 Å². The molecule has 1 amide bonds. The van der Waals surface area contributed by atoms with Crippen molar-refractivity contribution >= 4 is 25.8 Å². The summed E-state index contributed by atoms with van der Waals surface area (Å²) in [5.41, 5.74) is 0.232. The molecule has 1 aliphatic rings. The lowest BCUT2D eigenvalue weighted by Gasteiger charge is -2.38. The first-order valence-electron chi connectivity index (χ1n) is 7.50. The van der Waals surface area contributed by atoms with E-state index in [9.17, 15) is 26.0 Å². The van der Waals surface area contributed by atoms with Gasteiger partial charge in [-0.3, -0.25) is 4.79 Å². The largest absolute Gasteiger partial charge is 0.336 e. The lowest BCUT2D eigenvalue weighted by atomic mass is 10.1. The van der Waals surface area contributed by atoms with Crippen molar-refractivity contribution in [2.75, 3.05) is 13.1 Å². The number of nitrogens with two attached hydrogens (primary N) is 1. The number of likely N-dealkylation sites (tertiary alicyclic amines) is 1. The molecule has 0 saturated carbocycles. The van der Waals surface area contributed by atoms with Crippen LogP contribution in [-0.2, 0) is 19.9 Å². The molecule has 0 spiro atoms. The number of hydrogen-bond donors (Lipinski definition) is 1. The van der Waals surface area contributed by atoms with Gasteiger partial charge in [0.2, 0.25) is 10.0 Å². The summed E-state index contributed by atoms with van der Waals surface area (Å²) >= 11 is 0. The van der Waals surface area contributed by atoms with Crippen molar-refractivity contribution in [2.45, 2.75) is 15.0 Å². The minimum absolute atomic E-state index is 0.00787. The summed E-state index contributed by atoms with van der Waals surface area (Å²) in [5.74, 6) is -0.936. The van der Waals surface area contributed by atoms with Crippen molar-refractivity contribution in [3.8, 4) is 0 Å². The molecule has 0 aliphatic carbocycles. The molecule has 10 heteroatoms. The highest BCUT2D eigenvalue weighted by Crippen LogP contribution is 2.25. The Morgan fingerprint density at radius 3 is 1.92 bits per heavy atom. The van der Waals surface area contributed by atoms with Crippen LogP contribution in [0.15, 0.2) is 58.3 Å². The van der Waals surface area contributed by atoms with Gasteiger partial charge in [-0.2, -0.15) is 0 Å². The Hall–Kier alpha value is -2.30. The van der Waals surface area contributed by atoms with Gasteiger partial charge in [-0.15, -0.1) is 0 Å². The van der Waals surface area contributed by atoms with E-state index in [0.717, 1.165) is 12.1 Å². The fraction of sp³-hybridized carbons (Fsp3) is 0.188. The maximum atomic E-state index is 12.9. The van der Waals surface area contributed by atoms with Crippen molar-refractivity contribution < 1.29 is 26.0 Å². The van der Waals surface area contributed by atoms with Crippen LogP contribution in [0.3, 0.4) is 0 Å². The number of halogens is 1. The second kappa shape index (κ2) is 6.45. The van der Waals surface area contributed by atoms with E-state index in [4.69, 9.17) is 5.14 Å². The number of carbonyl (C=O) groups excluding carboxylic acids is 1. The SMILES string of the molecule is NS(=O)(=O)c1ccc(C(=O)N2CC(S(=O)(=O)c3ccc(F)cc3)C2)cc1. The molecule has 0 radical (unpaired) electrons. The normalized spacial score (nSPS) is 15.5. The Bertz CT molecular complexity index is 1040. The number of carbonyl (C=O) groups is 1. The highest BCUT2D eigenvalue weighted by molar-refractivity contribution is 7.92. The minimum Gasteiger partial charge on any atom is -0.336 e. The predicted octanol–water partition coefficient (Wildman–Crippen LogP) is 0.771. The van der Waals surface area contributed by atoms with Crippen molar-refractivity contribution in [3.63, 3.8) is 0 Å². The first-order valence-corrected chi connectivity index (χ1v) is 10.6. The molecule has 0 bridgehead atoms. The fourth-order valence-electron chi connectivity index (χ4n) is 2.59. The number of primary sulfonamides is 1. The van der Waals surface area contributed by atoms with Crippen LogP contribution in [0.4, 0.5) is 4.39 Å². The molecule has 3 rings (SSSR count).